The van der Waals surface area contributed by atoms with E-state index in [4.69, 9.17) is 9.97 Å². The Bertz CT molecular complexity index is 2970. The van der Waals surface area contributed by atoms with Crippen LogP contribution in [0.5, 0.6) is 5.75 Å². The minimum atomic E-state index is -0.321. The number of benzene rings is 7. The number of phenolic OH excluding ortho intramolecular Hbond substituents is 1. The molecule has 0 unspecified atom stereocenters. The molecule has 284 valence electrons. The molecule has 0 atom stereocenters. The summed E-state index contributed by atoms with van der Waals surface area (Å²) in [5.74, 6) is 0.935. The van der Waals surface area contributed by atoms with Gasteiger partial charge in [0.2, 0.25) is 0 Å². The number of fused-ring (bicyclic) bond motifs is 2. The van der Waals surface area contributed by atoms with Crippen LogP contribution in [0.2, 0.25) is 0 Å². The second-order valence-corrected chi connectivity index (χ2v) is 17.1. The Labute approximate surface area is 340 Å². The lowest BCUT2D eigenvalue weighted by Gasteiger charge is -2.28. The van der Waals surface area contributed by atoms with Crippen molar-refractivity contribution in [2.24, 2.45) is 0 Å². The summed E-state index contributed by atoms with van der Waals surface area (Å²) in [5, 5.41) is 14.7. The van der Waals surface area contributed by atoms with Crippen molar-refractivity contribution >= 4 is 21.8 Å². The first kappa shape index (κ1) is 36.8. The SMILES string of the molecule is CC(C)(C)c1cc(-c2nc3c(-c4cccc(-c5cc(-c6ccccc6)ncn5)c4)cccc3n2-c2c(-c3ccccc3)ccc3ccccc23)c(O)c(C(C)(C)C)c1. The molecule has 0 aliphatic heterocycles. The summed E-state index contributed by atoms with van der Waals surface area (Å²) in [6.45, 7) is 13.1. The van der Waals surface area contributed by atoms with Crippen LogP contribution < -0.4 is 0 Å². The zero-order valence-electron chi connectivity index (χ0n) is 33.8. The molecule has 2 heterocycles. The van der Waals surface area contributed by atoms with Crippen LogP contribution >= 0.6 is 0 Å². The maximum atomic E-state index is 12.5. The second-order valence-electron chi connectivity index (χ2n) is 17.1. The van der Waals surface area contributed by atoms with Crippen molar-refractivity contribution in [2.75, 3.05) is 0 Å². The van der Waals surface area contributed by atoms with Crippen LogP contribution in [0.1, 0.15) is 52.7 Å². The average molecular weight is 755 g/mol. The highest BCUT2D eigenvalue weighted by Crippen LogP contribution is 2.46. The predicted octanol–water partition coefficient (Wildman–Crippen LogP) is 13.6. The van der Waals surface area contributed by atoms with Crippen LogP contribution in [0, 0.1) is 0 Å². The Morgan fingerprint density at radius 1 is 0.500 bits per heavy atom. The molecular weight excluding hydrogens is 709 g/mol. The standard InChI is InChI=1S/C53H46N4O/c1-52(2,3)39-30-43(50(58)44(31-39)53(4,5)6)51-56-48-40(37-22-15-23-38(29-37)46-32-45(54-33-55-46)36-20-11-8-12-21-36)25-16-26-47(48)57(51)49-41-24-14-13-19-35(41)27-28-42(49)34-17-9-7-10-18-34/h7-33,58H,1-6H3. The number of rotatable bonds is 6. The molecule has 0 spiro atoms. The fourth-order valence-corrected chi connectivity index (χ4v) is 8.02. The van der Waals surface area contributed by atoms with E-state index in [0.717, 1.165) is 83.4 Å². The van der Waals surface area contributed by atoms with E-state index in [1.807, 2.05) is 24.3 Å². The Kier molecular flexibility index (Phi) is 9.04. The molecule has 0 bridgehead atoms. The number of para-hydroxylation sites is 1. The van der Waals surface area contributed by atoms with E-state index in [9.17, 15) is 5.11 Å². The molecule has 5 nitrogen and oxygen atoms in total. The van der Waals surface area contributed by atoms with Crippen LogP contribution in [0.15, 0.2) is 164 Å². The number of aromatic nitrogens is 4. The minimum Gasteiger partial charge on any atom is -0.507 e. The number of hydrogen-bond acceptors (Lipinski definition) is 4. The topological polar surface area (TPSA) is 63.8 Å². The summed E-state index contributed by atoms with van der Waals surface area (Å²) in [6.07, 6.45) is 1.64. The lowest BCUT2D eigenvalue weighted by molar-refractivity contribution is 0.446. The molecule has 2 aromatic heterocycles. The number of hydrogen-bond donors (Lipinski definition) is 1. The van der Waals surface area contributed by atoms with Gasteiger partial charge in [0, 0.05) is 33.2 Å². The first-order valence-electron chi connectivity index (χ1n) is 19.9. The van der Waals surface area contributed by atoms with E-state index in [-0.39, 0.29) is 16.6 Å². The highest BCUT2D eigenvalue weighted by atomic mass is 16.3. The van der Waals surface area contributed by atoms with Crippen molar-refractivity contribution in [3.63, 3.8) is 0 Å². The van der Waals surface area contributed by atoms with Crippen LogP contribution in [0.25, 0.3) is 83.6 Å². The Hall–Kier alpha value is -6.85. The molecule has 1 N–H and O–H groups in total. The van der Waals surface area contributed by atoms with Crippen LogP contribution in [-0.4, -0.2) is 24.6 Å². The Morgan fingerprint density at radius 2 is 1.14 bits per heavy atom. The minimum absolute atomic E-state index is 0.180. The molecule has 5 heteroatoms. The molecule has 9 aromatic rings. The van der Waals surface area contributed by atoms with Gasteiger partial charge in [-0.05, 0) is 57.2 Å². The fourth-order valence-electron chi connectivity index (χ4n) is 8.02. The molecule has 0 fully saturated rings. The predicted molar refractivity (Wildman–Crippen MR) is 240 cm³/mol. The quantitative estimate of drug-likeness (QED) is 0.184. The maximum Gasteiger partial charge on any atom is 0.149 e. The summed E-state index contributed by atoms with van der Waals surface area (Å²) in [6, 6.07) is 55.0. The molecule has 0 saturated heterocycles. The molecule has 58 heavy (non-hydrogen) atoms. The smallest absolute Gasteiger partial charge is 0.149 e. The van der Waals surface area contributed by atoms with Gasteiger partial charge >= 0.3 is 0 Å². The van der Waals surface area contributed by atoms with Gasteiger partial charge in [0.1, 0.15) is 17.9 Å². The van der Waals surface area contributed by atoms with E-state index in [1.54, 1.807) is 6.33 Å². The molecule has 0 saturated carbocycles. The number of aromatic hydroxyl groups is 1. The van der Waals surface area contributed by atoms with Crippen LogP contribution in [-0.2, 0) is 10.8 Å². The van der Waals surface area contributed by atoms with Crippen molar-refractivity contribution < 1.29 is 5.11 Å². The average Bonchev–Trinajstić information content (AvgIpc) is 3.62. The van der Waals surface area contributed by atoms with Crippen molar-refractivity contribution in [1.82, 2.24) is 19.5 Å². The highest BCUT2D eigenvalue weighted by Gasteiger charge is 2.29. The van der Waals surface area contributed by atoms with Gasteiger partial charge in [-0.25, -0.2) is 15.0 Å². The van der Waals surface area contributed by atoms with Gasteiger partial charge < -0.3 is 5.11 Å². The van der Waals surface area contributed by atoms with Gasteiger partial charge in [-0.2, -0.15) is 0 Å². The third-order valence-corrected chi connectivity index (χ3v) is 11.1. The van der Waals surface area contributed by atoms with Gasteiger partial charge in [-0.3, -0.25) is 4.57 Å². The lowest BCUT2D eigenvalue weighted by Crippen LogP contribution is -2.17. The fraction of sp³-hybridized carbons (Fsp3) is 0.151. The van der Waals surface area contributed by atoms with E-state index in [1.165, 1.54) is 0 Å². The third kappa shape index (κ3) is 6.62. The molecule has 0 radical (unpaired) electrons. The van der Waals surface area contributed by atoms with E-state index < -0.39 is 0 Å². The van der Waals surface area contributed by atoms with E-state index in [2.05, 4.69) is 185 Å². The van der Waals surface area contributed by atoms with Gasteiger partial charge in [0.15, 0.2) is 0 Å². The zero-order valence-corrected chi connectivity index (χ0v) is 33.8. The Balaban J connectivity index is 1.35. The molecule has 0 aliphatic carbocycles. The molecule has 7 aromatic carbocycles. The van der Waals surface area contributed by atoms with E-state index >= 15 is 0 Å². The second kappa shape index (κ2) is 14.3. The van der Waals surface area contributed by atoms with Crippen molar-refractivity contribution in [2.45, 2.75) is 52.4 Å². The van der Waals surface area contributed by atoms with E-state index in [0.29, 0.717) is 11.4 Å². The largest absolute Gasteiger partial charge is 0.507 e. The van der Waals surface area contributed by atoms with Gasteiger partial charge in [-0.15, -0.1) is 0 Å². The summed E-state index contributed by atoms with van der Waals surface area (Å²) in [5.41, 5.74) is 13.0. The monoisotopic (exact) mass is 754 g/mol. The molecule has 9 rings (SSSR count). The molecule has 0 amide bonds. The highest BCUT2D eigenvalue weighted by molar-refractivity contribution is 6.03. The van der Waals surface area contributed by atoms with Crippen LogP contribution in [0.4, 0.5) is 0 Å². The van der Waals surface area contributed by atoms with Crippen molar-refractivity contribution in [3.8, 4) is 67.6 Å². The van der Waals surface area contributed by atoms with Crippen molar-refractivity contribution in [1.29, 1.82) is 0 Å². The van der Waals surface area contributed by atoms with Gasteiger partial charge in [0.25, 0.3) is 0 Å². The Morgan fingerprint density at radius 3 is 1.86 bits per heavy atom. The summed E-state index contributed by atoms with van der Waals surface area (Å²) in [7, 11) is 0. The number of nitrogens with zero attached hydrogens (tertiary/aromatic N) is 4. The summed E-state index contributed by atoms with van der Waals surface area (Å²) < 4.78 is 2.29. The maximum absolute atomic E-state index is 12.5. The summed E-state index contributed by atoms with van der Waals surface area (Å²) >= 11 is 0. The molecule has 0 aliphatic rings. The van der Waals surface area contributed by atoms with Gasteiger partial charge in [0.05, 0.1) is 33.7 Å². The van der Waals surface area contributed by atoms with Crippen molar-refractivity contribution in [3.05, 3.63) is 175 Å². The normalized spacial score (nSPS) is 12.0. The first-order valence-corrected chi connectivity index (χ1v) is 19.9. The first-order chi connectivity index (χ1) is 28.0. The summed E-state index contributed by atoms with van der Waals surface area (Å²) in [4.78, 5) is 14.9. The lowest BCUT2D eigenvalue weighted by atomic mass is 9.79. The zero-order chi connectivity index (χ0) is 40.2. The van der Waals surface area contributed by atoms with Crippen LogP contribution in [0.3, 0.4) is 0 Å². The number of imidazole rings is 1. The number of phenols is 1. The van der Waals surface area contributed by atoms with Gasteiger partial charge in [-0.1, -0.05) is 175 Å². The third-order valence-electron chi connectivity index (χ3n) is 11.1. The molecular formula is C53H46N4O.